The van der Waals surface area contributed by atoms with Gasteiger partial charge in [0.25, 0.3) is 0 Å². The van der Waals surface area contributed by atoms with Gasteiger partial charge in [0, 0.05) is 49.7 Å². The fourth-order valence-electron chi connectivity index (χ4n) is 9.49. The average molecular weight is 725 g/mol. The van der Waals surface area contributed by atoms with Crippen molar-refractivity contribution < 1.29 is 59.7 Å². The summed E-state index contributed by atoms with van der Waals surface area (Å²) >= 11 is 0. The van der Waals surface area contributed by atoms with Crippen LogP contribution in [-0.2, 0) is 23.9 Å². The van der Waals surface area contributed by atoms with Crippen LogP contribution in [0.5, 0.6) is 0 Å². The highest BCUT2D eigenvalue weighted by Crippen LogP contribution is 2.71. The van der Waals surface area contributed by atoms with Gasteiger partial charge in [-0.05, 0) is 102 Å². The summed E-state index contributed by atoms with van der Waals surface area (Å²) in [7, 11) is 6.03. The maximum atomic E-state index is 13.0. The minimum absolute atomic E-state index is 0. The molecule has 0 spiro atoms. The van der Waals surface area contributed by atoms with E-state index in [0.717, 1.165) is 44.2 Å². The second-order valence-corrected chi connectivity index (χ2v) is 15.0. The van der Waals surface area contributed by atoms with E-state index in [4.69, 9.17) is 19.4 Å². The number of hydrogen-bond acceptors (Lipinski definition) is 11. The highest BCUT2D eigenvalue weighted by atomic mass is 16.5. The number of nitrogens with zero attached hydrogens (tertiary/aromatic N) is 2. The molecule has 0 aliphatic heterocycles. The molecule has 0 bridgehead atoms. The number of esters is 1. The molecule has 15 nitrogen and oxygen atoms in total. The van der Waals surface area contributed by atoms with E-state index in [-0.39, 0.29) is 46.7 Å². The molecule has 51 heavy (non-hydrogen) atoms. The van der Waals surface area contributed by atoms with E-state index in [1.165, 1.54) is 12.3 Å². The second-order valence-electron chi connectivity index (χ2n) is 15.0. The molecule has 0 amide bonds. The summed E-state index contributed by atoms with van der Waals surface area (Å²) in [6, 6.07) is 3.26. The van der Waals surface area contributed by atoms with E-state index in [9.17, 15) is 34.2 Å². The molecule has 4 saturated carbocycles. The van der Waals surface area contributed by atoms with Crippen molar-refractivity contribution in [1.82, 2.24) is 9.80 Å². The van der Waals surface area contributed by atoms with E-state index in [1.54, 1.807) is 0 Å². The van der Waals surface area contributed by atoms with E-state index < -0.39 is 40.1 Å². The van der Waals surface area contributed by atoms with Crippen molar-refractivity contribution in [2.24, 2.45) is 22.7 Å². The summed E-state index contributed by atoms with van der Waals surface area (Å²) < 4.78 is 11.0. The number of carboxylic acid groups (broad SMARTS) is 2. The minimum Gasteiger partial charge on any atom is -0.478 e. The van der Waals surface area contributed by atoms with Crippen LogP contribution in [0.4, 0.5) is 0 Å². The normalized spacial score (nSPS) is 33.7. The van der Waals surface area contributed by atoms with Gasteiger partial charge in [-0.1, -0.05) is 6.92 Å². The van der Waals surface area contributed by atoms with Crippen LogP contribution < -0.4 is 5.63 Å². The molecule has 15 heteroatoms. The lowest BCUT2D eigenvalue weighted by Crippen LogP contribution is -2.68. The van der Waals surface area contributed by atoms with Crippen molar-refractivity contribution in [2.45, 2.75) is 94.4 Å². The first-order valence-electron chi connectivity index (χ1n) is 17.2. The van der Waals surface area contributed by atoms with Crippen molar-refractivity contribution in [1.29, 1.82) is 0 Å². The number of aldehydes is 1. The number of likely N-dealkylation sites (N-methyl/N-ethyl adjacent to an activating group) is 2. The van der Waals surface area contributed by atoms with E-state index in [0.29, 0.717) is 57.2 Å². The van der Waals surface area contributed by atoms with Crippen LogP contribution in [0, 0.1) is 22.7 Å². The standard InChI is InChI=1S/C32H48N2O7.C4H4O4.2H2O/c1-29-12-8-25-26(32(29,39)15-10-24(29)22-5-6-27(36)40-20-22)9-14-31(38)19-23(7-13-30(25,31)21-35)41-28(37)11-16-34(4)18-17-33(2)3;5-3(6)1-2-4(7)8;;/h5-6,20-21,23-26,38-39H,7-19H2,1-4H3;1-2H,(H,5,6)(H,7,8);2*1H2/b;2-1+;;. The molecule has 8 unspecified atom stereocenters. The predicted molar refractivity (Wildman–Crippen MR) is 185 cm³/mol. The molecule has 1 heterocycles. The molecule has 0 radical (unpaired) electrons. The first-order chi connectivity index (χ1) is 23.0. The Bertz CT molecular complexity index is 1430. The lowest BCUT2D eigenvalue weighted by molar-refractivity contribution is -0.248. The number of carbonyl (C=O) groups is 4. The Balaban J connectivity index is 0.000000808. The third kappa shape index (κ3) is 8.95. The molecule has 1 aromatic heterocycles. The summed E-state index contributed by atoms with van der Waals surface area (Å²) in [6.07, 6.45) is 8.64. The molecule has 0 saturated heterocycles. The lowest BCUT2D eigenvalue weighted by Gasteiger charge is -2.65. The number of hydrogen-bond donors (Lipinski definition) is 4. The van der Waals surface area contributed by atoms with Crippen LogP contribution in [0.15, 0.2) is 39.8 Å². The van der Waals surface area contributed by atoms with Crippen LogP contribution >= 0.6 is 0 Å². The third-order valence-electron chi connectivity index (χ3n) is 12.1. The number of rotatable bonds is 11. The highest BCUT2D eigenvalue weighted by molar-refractivity contribution is 5.89. The van der Waals surface area contributed by atoms with Gasteiger partial charge in [0.15, 0.2) is 0 Å². The number of carboxylic acids is 2. The number of fused-ring (bicyclic) bond motifs is 5. The van der Waals surface area contributed by atoms with Gasteiger partial charge < -0.3 is 55.1 Å². The Hall–Kier alpha value is -3.47. The smallest absolute Gasteiger partial charge is 0.335 e. The van der Waals surface area contributed by atoms with Crippen molar-refractivity contribution in [3.05, 3.63) is 46.5 Å². The summed E-state index contributed by atoms with van der Waals surface area (Å²) in [5.74, 6) is -2.96. The molecule has 4 fully saturated rings. The Kier molecular flexibility index (Phi) is 14.9. The first-order valence-corrected chi connectivity index (χ1v) is 17.2. The van der Waals surface area contributed by atoms with Crippen LogP contribution in [-0.4, -0.2) is 123 Å². The molecule has 288 valence electrons. The molecule has 8 atom stereocenters. The Morgan fingerprint density at radius 1 is 0.902 bits per heavy atom. The molecule has 4 aliphatic rings. The number of carbonyl (C=O) groups excluding carboxylic acids is 2. The molecule has 1 aromatic rings. The Morgan fingerprint density at radius 2 is 1.55 bits per heavy atom. The van der Waals surface area contributed by atoms with Gasteiger partial charge in [-0.2, -0.15) is 0 Å². The van der Waals surface area contributed by atoms with E-state index in [1.807, 2.05) is 27.2 Å². The van der Waals surface area contributed by atoms with Crippen molar-refractivity contribution in [3.63, 3.8) is 0 Å². The zero-order chi connectivity index (χ0) is 36.2. The fourth-order valence-corrected chi connectivity index (χ4v) is 9.49. The average Bonchev–Trinajstić information content (AvgIpc) is 3.32. The topological polar surface area (TPSA) is 258 Å². The monoisotopic (exact) mass is 724 g/mol. The van der Waals surface area contributed by atoms with Gasteiger partial charge >= 0.3 is 23.5 Å². The van der Waals surface area contributed by atoms with Gasteiger partial charge in [-0.15, -0.1) is 0 Å². The largest absolute Gasteiger partial charge is 0.478 e. The predicted octanol–water partition coefficient (Wildman–Crippen LogP) is 1.03. The van der Waals surface area contributed by atoms with Gasteiger partial charge in [-0.25, -0.2) is 14.4 Å². The van der Waals surface area contributed by atoms with Gasteiger partial charge in [0.05, 0.1) is 29.3 Å². The third-order valence-corrected chi connectivity index (χ3v) is 12.1. The SMILES string of the molecule is CN(C)CCN(C)CCC(=O)OC1CCC2(C=O)C3CCC4(C)C(c5ccc(=O)oc5)CCC4(O)C3CCC2(O)C1.O.O.O=C(O)/C=C/C(=O)O. The lowest BCUT2D eigenvalue weighted by atomic mass is 9.41. The zero-order valence-corrected chi connectivity index (χ0v) is 30.0. The van der Waals surface area contributed by atoms with Crippen molar-refractivity contribution >= 4 is 24.2 Å². The molecular formula is C36H56N2O13. The molecule has 8 N–H and O–H groups in total. The van der Waals surface area contributed by atoms with Crippen LogP contribution in [0.1, 0.15) is 82.6 Å². The maximum Gasteiger partial charge on any atom is 0.335 e. The van der Waals surface area contributed by atoms with Gasteiger partial charge in [-0.3, -0.25) is 4.79 Å². The summed E-state index contributed by atoms with van der Waals surface area (Å²) in [6.45, 7) is 4.53. The van der Waals surface area contributed by atoms with Crippen molar-refractivity contribution in [3.8, 4) is 0 Å². The molecular weight excluding hydrogens is 668 g/mol. The summed E-state index contributed by atoms with van der Waals surface area (Å²) in [5, 5.41) is 40.1. The number of ether oxygens (including phenoxy) is 1. The first kappa shape index (κ1) is 43.7. The molecule has 5 rings (SSSR count). The Morgan fingerprint density at radius 3 is 2.12 bits per heavy atom. The molecule has 4 aliphatic carbocycles. The van der Waals surface area contributed by atoms with Gasteiger partial charge in [0.2, 0.25) is 0 Å². The summed E-state index contributed by atoms with van der Waals surface area (Å²) in [5.41, 5.74) is -3.06. The van der Waals surface area contributed by atoms with Crippen LogP contribution in [0.2, 0.25) is 0 Å². The van der Waals surface area contributed by atoms with Crippen molar-refractivity contribution in [2.75, 3.05) is 40.8 Å². The van der Waals surface area contributed by atoms with E-state index in [2.05, 4.69) is 16.7 Å². The molecule has 0 aromatic carbocycles. The fraction of sp³-hybridized carbons (Fsp3) is 0.694. The highest BCUT2D eigenvalue weighted by Gasteiger charge is 2.71. The van der Waals surface area contributed by atoms with Crippen LogP contribution in [0.25, 0.3) is 0 Å². The quantitative estimate of drug-likeness (QED) is 0.141. The summed E-state index contributed by atoms with van der Waals surface area (Å²) in [4.78, 5) is 60.6. The zero-order valence-electron chi connectivity index (χ0n) is 30.0. The Labute approximate surface area is 297 Å². The van der Waals surface area contributed by atoms with E-state index >= 15 is 0 Å². The van der Waals surface area contributed by atoms with Gasteiger partial charge in [0.1, 0.15) is 12.4 Å². The number of aliphatic carboxylic acids is 2. The minimum atomic E-state index is -1.26. The maximum absolute atomic E-state index is 13.0. The van der Waals surface area contributed by atoms with Crippen LogP contribution in [0.3, 0.4) is 0 Å². The number of aliphatic hydroxyl groups is 2. The second kappa shape index (κ2) is 17.4.